The Labute approximate surface area is 149 Å². The van der Waals surface area contributed by atoms with Gasteiger partial charge in [0.1, 0.15) is 9.84 Å². The number of sulfone groups is 1. The highest BCUT2D eigenvalue weighted by Crippen LogP contribution is 2.19. The predicted molar refractivity (Wildman–Crippen MR) is 99.5 cm³/mol. The van der Waals surface area contributed by atoms with Crippen LogP contribution < -0.4 is 10.6 Å². The van der Waals surface area contributed by atoms with Gasteiger partial charge in [-0.15, -0.1) is 0 Å². The van der Waals surface area contributed by atoms with Crippen LogP contribution in [0.1, 0.15) is 25.0 Å². The summed E-state index contributed by atoms with van der Waals surface area (Å²) in [7, 11) is 0.339. The summed E-state index contributed by atoms with van der Waals surface area (Å²) in [6.45, 7) is 2.43. The second kappa shape index (κ2) is 9.86. The molecule has 0 aliphatic carbocycles. The number of nitrogens with one attached hydrogen (secondary N) is 2. The maximum absolute atomic E-state index is 11.2. The lowest BCUT2D eigenvalue weighted by Gasteiger charge is -2.21. The van der Waals surface area contributed by atoms with E-state index in [1.54, 1.807) is 14.2 Å². The Morgan fingerprint density at radius 3 is 2.67 bits per heavy atom. The summed E-state index contributed by atoms with van der Waals surface area (Å²) >= 11 is 6.02. The number of guanidine groups is 1. The summed E-state index contributed by atoms with van der Waals surface area (Å²) in [5.74, 6) is 0.738. The van der Waals surface area contributed by atoms with Gasteiger partial charge < -0.3 is 15.4 Å². The van der Waals surface area contributed by atoms with Crippen LogP contribution in [-0.2, 0) is 14.6 Å². The molecule has 0 aliphatic heterocycles. The molecule has 0 radical (unpaired) electrons. The van der Waals surface area contributed by atoms with E-state index in [2.05, 4.69) is 15.6 Å². The molecule has 0 spiro atoms. The minimum Gasteiger partial charge on any atom is -0.375 e. The molecular formula is C16H26ClN3O3S. The molecule has 6 nitrogen and oxygen atoms in total. The molecule has 136 valence electrons. The smallest absolute Gasteiger partial charge is 0.191 e. The van der Waals surface area contributed by atoms with Gasteiger partial charge in [-0.1, -0.05) is 23.7 Å². The Morgan fingerprint density at radius 2 is 2.12 bits per heavy atom. The highest BCUT2D eigenvalue weighted by molar-refractivity contribution is 7.90. The van der Waals surface area contributed by atoms with Gasteiger partial charge in [0.05, 0.1) is 11.9 Å². The molecule has 0 bridgehead atoms. The number of hydrogen-bond donors (Lipinski definition) is 2. The van der Waals surface area contributed by atoms with Crippen molar-refractivity contribution in [3.63, 3.8) is 0 Å². The first kappa shape index (κ1) is 20.7. The molecule has 2 atom stereocenters. The highest BCUT2D eigenvalue weighted by Gasteiger charge is 2.13. The van der Waals surface area contributed by atoms with E-state index in [0.717, 1.165) is 5.56 Å². The molecule has 0 heterocycles. The third kappa shape index (κ3) is 7.99. The molecule has 8 heteroatoms. The lowest BCUT2D eigenvalue weighted by molar-refractivity contribution is 0.106. The first-order valence-corrected chi connectivity index (χ1v) is 10.1. The van der Waals surface area contributed by atoms with E-state index in [4.69, 9.17) is 16.3 Å². The topological polar surface area (TPSA) is 79.8 Å². The maximum Gasteiger partial charge on any atom is 0.191 e. The number of ether oxygens (including phenoxy) is 1. The van der Waals surface area contributed by atoms with E-state index in [1.165, 1.54) is 6.26 Å². The normalized spacial score (nSPS) is 15.0. The zero-order chi connectivity index (χ0) is 18.2. The Hall–Kier alpha value is -1.31. The van der Waals surface area contributed by atoms with Crippen molar-refractivity contribution in [1.29, 1.82) is 0 Å². The van der Waals surface area contributed by atoms with E-state index in [-0.39, 0.29) is 17.9 Å². The summed E-state index contributed by atoms with van der Waals surface area (Å²) in [5.41, 5.74) is 0.970. The monoisotopic (exact) mass is 375 g/mol. The van der Waals surface area contributed by atoms with Gasteiger partial charge in [0.15, 0.2) is 5.96 Å². The van der Waals surface area contributed by atoms with Gasteiger partial charge in [-0.2, -0.15) is 0 Å². The van der Waals surface area contributed by atoms with Gasteiger partial charge in [-0.3, -0.25) is 4.99 Å². The minimum absolute atomic E-state index is 0.0157. The summed E-state index contributed by atoms with van der Waals surface area (Å²) in [6, 6.07) is 7.49. The molecule has 1 aromatic rings. The number of hydrogen-bond acceptors (Lipinski definition) is 4. The second-order valence-corrected chi connectivity index (χ2v) is 8.39. The lowest BCUT2D eigenvalue weighted by atomic mass is 10.1. The van der Waals surface area contributed by atoms with Crippen molar-refractivity contribution in [2.24, 2.45) is 4.99 Å². The molecular weight excluding hydrogens is 350 g/mol. The number of nitrogens with zero attached hydrogens (tertiary/aromatic N) is 1. The van der Waals surface area contributed by atoms with Gasteiger partial charge in [0, 0.05) is 38.0 Å². The van der Waals surface area contributed by atoms with Crippen LogP contribution in [0, 0.1) is 0 Å². The Balaban J connectivity index is 2.55. The summed E-state index contributed by atoms with van der Waals surface area (Å²) in [5, 5.41) is 7.02. The zero-order valence-electron chi connectivity index (χ0n) is 14.5. The standard InChI is InChI=1S/C16H26ClN3O3S/c1-12(8-9-24(4,21)22)20-16(18-2)19-11-15(23-3)13-6-5-7-14(17)10-13/h5-7,10,12,15H,8-9,11H2,1-4H3,(H2,18,19,20). The van der Waals surface area contributed by atoms with Crippen molar-refractivity contribution in [2.45, 2.75) is 25.5 Å². The molecule has 1 aromatic carbocycles. The Kier molecular flexibility index (Phi) is 8.52. The molecule has 0 aromatic heterocycles. The molecule has 24 heavy (non-hydrogen) atoms. The largest absolute Gasteiger partial charge is 0.375 e. The molecule has 0 fully saturated rings. The number of methoxy groups -OCH3 is 1. The molecule has 0 saturated heterocycles. The summed E-state index contributed by atoms with van der Waals surface area (Å²) in [6.07, 6.45) is 1.58. The SMILES string of the molecule is CN=C(NCC(OC)c1cccc(Cl)c1)NC(C)CCS(C)(=O)=O. The molecule has 2 N–H and O–H groups in total. The quantitative estimate of drug-likeness (QED) is 0.536. The number of rotatable bonds is 8. The molecule has 0 aliphatic rings. The van der Waals surface area contributed by atoms with Gasteiger partial charge >= 0.3 is 0 Å². The number of benzene rings is 1. The van der Waals surface area contributed by atoms with Crippen LogP contribution in [0.15, 0.2) is 29.3 Å². The summed E-state index contributed by atoms with van der Waals surface area (Å²) < 4.78 is 28.0. The Bertz CT molecular complexity index is 650. The molecule has 2 unspecified atom stereocenters. The van der Waals surface area contributed by atoms with Gasteiger partial charge in [0.2, 0.25) is 0 Å². The first-order chi connectivity index (χ1) is 11.2. The average molecular weight is 376 g/mol. The first-order valence-electron chi connectivity index (χ1n) is 7.68. The van der Waals surface area contributed by atoms with Crippen molar-refractivity contribution in [3.05, 3.63) is 34.9 Å². The average Bonchev–Trinajstić information content (AvgIpc) is 2.51. The van der Waals surface area contributed by atoms with Crippen LogP contribution in [0.25, 0.3) is 0 Å². The maximum atomic E-state index is 11.2. The van der Waals surface area contributed by atoms with Crippen molar-refractivity contribution in [2.75, 3.05) is 32.7 Å². The minimum atomic E-state index is -2.96. The predicted octanol–water partition coefficient (Wildman–Crippen LogP) is 2.02. The van der Waals surface area contributed by atoms with E-state index in [0.29, 0.717) is 23.9 Å². The lowest BCUT2D eigenvalue weighted by Crippen LogP contribution is -2.44. The van der Waals surface area contributed by atoms with Crippen LogP contribution in [0.2, 0.25) is 5.02 Å². The molecule has 0 amide bonds. The van der Waals surface area contributed by atoms with Crippen LogP contribution in [0.3, 0.4) is 0 Å². The number of aliphatic imine (C=N–C) groups is 1. The van der Waals surface area contributed by atoms with Gasteiger partial charge in [0.25, 0.3) is 0 Å². The van der Waals surface area contributed by atoms with Crippen molar-refractivity contribution < 1.29 is 13.2 Å². The van der Waals surface area contributed by atoms with Crippen LogP contribution in [0.4, 0.5) is 0 Å². The summed E-state index contributed by atoms with van der Waals surface area (Å²) in [4.78, 5) is 4.15. The van der Waals surface area contributed by atoms with E-state index in [9.17, 15) is 8.42 Å². The van der Waals surface area contributed by atoms with Crippen molar-refractivity contribution in [1.82, 2.24) is 10.6 Å². The van der Waals surface area contributed by atoms with Crippen molar-refractivity contribution in [3.8, 4) is 0 Å². The van der Waals surface area contributed by atoms with Crippen LogP contribution in [0.5, 0.6) is 0 Å². The molecule has 1 rings (SSSR count). The number of halogens is 1. The fraction of sp³-hybridized carbons (Fsp3) is 0.562. The zero-order valence-corrected chi connectivity index (χ0v) is 16.1. The van der Waals surface area contributed by atoms with Gasteiger partial charge in [-0.25, -0.2) is 8.42 Å². The Morgan fingerprint density at radius 1 is 1.42 bits per heavy atom. The van der Waals surface area contributed by atoms with E-state index >= 15 is 0 Å². The third-order valence-electron chi connectivity index (χ3n) is 3.49. The molecule has 0 saturated carbocycles. The second-order valence-electron chi connectivity index (χ2n) is 5.70. The van der Waals surface area contributed by atoms with Crippen molar-refractivity contribution >= 4 is 27.4 Å². The van der Waals surface area contributed by atoms with Crippen LogP contribution in [-0.4, -0.2) is 53.1 Å². The fourth-order valence-electron chi connectivity index (χ4n) is 2.12. The third-order valence-corrected chi connectivity index (χ3v) is 4.70. The fourth-order valence-corrected chi connectivity index (χ4v) is 3.10. The highest BCUT2D eigenvalue weighted by atomic mass is 35.5. The van der Waals surface area contributed by atoms with Crippen LogP contribution >= 0.6 is 11.6 Å². The van der Waals surface area contributed by atoms with E-state index < -0.39 is 9.84 Å². The van der Waals surface area contributed by atoms with E-state index in [1.807, 2.05) is 31.2 Å². The van der Waals surface area contributed by atoms with Gasteiger partial charge in [-0.05, 0) is 31.0 Å².